The van der Waals surface area contributed by atoms with Crippen LogP contribution in [0.3, 0.4) is 0 Å². The molecule has 4 nitrogen and oxygen atoms in total. The number of benzene rings is 1. The van der Waals surface area contributed by atoms with Gasteiger partial charge in [-0.05, 0) is 12.5 Å². The van der Waals surface area contributed by atoms with Crippen LogP contribution in [-0.2, 0) is 25.7 Å². The summed E-state index contributed by atoms with van der Waals surface area (Å²) in [5.41, 5.74) is 1.08. The molecule has 1 aromatic rings. The summed E-state index contributed by atoms with van der Waals surface area (Å²) in [5, 5.41) is -0.293. The van der Waals surface area contributed by atoms with Gasteiger partial charge in [-0.25, -0.2) is 0 Å². The van der Waals surface area contributed by atoms with E-state index in [0.29, 0.717) is 32.0 Å². The number of Topliss-reactive ketones (excluding diaryl/α,β-unsaturated/α-hetero) is 1. The highest BCUT2D eigenvalue weighted by molar-refractivity contribution is 8.01. The third-order valence-electron chi connectivity index (χ3n) is 3.30. The normalized spacial score (nSPS) is 22.0. The third kappa shape index (κ3) is 4.86. The quantitative estimate of drug-likeness (QED) is 0.756. The molecule has 0 N–H and O–H groups in total. The molecule has 0 spiro atoms. The highest BCUT2D eigenvalue weighted by Gasteiger charge is 2.36. The summed E-state index contributed by atoms with van der Waals surface area (Å²) in [7, 11) is 0. The molecule has 2 rings (SSSR count). The Labute approximate surface area is 129 Å². The maximum atomic E-state index is 11.9. The number of esters is 1. The molecule has 0 unspecified atom stereocenters. The van der Waals surface area contributed by atoms with Crippen LogP contribution < -0.4 is 0 Å². The molecule has 0 radical (unpaired) electrons. The van der Waals surface area contributed by atoms with Gasteiger partial charge in [0.25, 0.3) is 0 Å². The molecular formula is C16H20O4S. The van der Waals surface area contributed by atoms with Crippen molar-refractivity contribution in [3.63, 3.8) is 0 Å². The number of ether oxygens (including phenoxy) is 2. The Morgan fingerprint density at radius 1 is 1.33 bits per heavy atom. The number of hydrogen-bond donors (Lipinski definition) is 0. The van der Waals surface area contributed by atoms with Gasteiger partial charge in [-0.2, -0.15) is 0 Å². The van der Waals surface area contributed by atoms with E-state index < -0.39 is 0 Å². The van der Waals surface area contributed by atoms with Gasteiger partial charge in [0, 0.05) is 12.3 Å². The highest BCUT2D eigenvalue weighted by atomic mass is 32.2. The summed E-state index contributed by atoms with van der Waals surface area (Å²) in [5.74, 6) is 0.231. The fourth-order valence-electron chi connectivity index (χ4n) is 2.31. The molecule has 21 heavy (non-hydrogen) atoms. The smallest absolute Gasteiger partial charge is 0.319 e. The average molecular weight is 308 g/mol. The van der Waals surface area contributed by atoms with Gasteiger partial charge in [-0.1, -0.05) is 30.3 Å². The van der Waals surface area contributed by atoms with Gasteiger partial charge in [0.15, 0.2) is 0 Å². The lowest BCUT2D eigenvalue weighted by atomic mass is 9.99. The molecule has 1 fully saturated rings. The molecule has 1 aliphatic rings. The van der Waals surface area contributed by atoms with E-state index in [1.807, 2.05) is 30.3 Å². The van der Waals surface area contributed by atoms with Crippen molar-refractivity contribution in [2.24, 2.45) is 5.92 Å². The average Bonchev–Trinajstić information content (AvgIpc) is 2.49. The Hall–Kier alpha value is -1.33. The lowest BCUT2D eigenvalue weighted by Gasteiger charge is -2.28. The summed E-state index contributed by atoms with van der Waals surface area (Å²) in [6.07, 6.45) is 0.394. The van der Waals surface area contributed by atoms with Gasteiger partial charge in [-0.15, -0.1) is 11.8 Å². The maximum Gasteiger partial charge on any atom is 0.319 e. The SMILES string of the molecule is CCOC(=O)[C@H]1SCC(=O)C[C@@H]1COCc1ccccc1. The molecular weight excluding hydrogens is 288 g/mol. The number of rotatable bonds is 6. The van der Waals surface area contributed by atoms with Crippen molar-refractivity contribution in [1.82, 2.24) is 0 Å². The monoisotopic (exact) mass is 308 g/mol. The van der Waals surface area contributed by atoms with Crippen LogP contribution in [0.15, 0.2) is 30.3 Å². The Morgan fingerprint density at radius 2 is 2.10 bits per heavy atom. The molecule has 1 heterocycles. The van der Waals surface area contributed by atoms with Crippen LogP contribution in [0.1, 0.15) is 18.9 Å². The van der Waals surface area contributed by atoms with Crippen LogP contribution in [0.25, 0.3) is 0 Å². The minimum Gasteiger partial charge on any atom is -0.465 e. The molecule has 1 aromatic carbocycles. The number of carbonyl (C=O) groups excluding carboxylic acids is 2. The Balaban J connectivity index is 1.87. The molecule has 0 saturated carbocycles. The van der Waals surface area contributed by atoms with Crippen molar-refractivity contribution >= 4 is 23.5 Å². The van der Waals surface area contributed by atoms with Gasteiger partial charge in [-0.3, -0.25) is 9.59 Å². The van der Waals surface area contributed by atoms with Crippen molar-refractivity contribution in [3.8, 4) is 0 Å². The Bertz CT molecular complexity index is 474. The zero-order valence-corrected chi connectivity index (χ0v) is 12.9. The number of ketones is 1. The number of hydrogen-bond acceptors (Lipinski definition) is 5. The predicted octanol–water partition coefficient (Wildman–Crippen LogP) is 2.46. The minimum atomic E-state index is -0.293. The summed E-state index contributed by atoms with van der Waals surface area (Å²) in [6, 6.07) is 9.85. The topological polar surface area (TPSA) is 52.6 Å². The largest absolute Gasteiger partial charge is 0.465 e. The van der Waals surface area contributed by atoms with Crippen LogP contribution in [0.5, 0.6) is 0 Å². The number of thioether (sulfide) groups is 1. The fraction of sp³-hybridized carbons (Fsp3) is 0.500. The summed E-state index contributed by atoms with van der Waals surface area (Å²) in [4.78, 5) is 23.5. The van der Waals surface area contributed by atoms with E-state index >= 15 is 0 Å². The van der Waals surface area contributed by atoms with E-state index in [2.05, 4.69) is 0 Å². The zero-order valence-electron chi connectivity index (χ0n) is 12.1. The van der Waals surface area contributed by atoms with Gasteiger partial charge in [0.1, 0.15) is 11.0 Å². The van der Waals surface area contributed by atoms with Crippen LogP contribution in [0, 0.1) is 5.92 Å². The Kier molecular flexibility index (Phi) is 6.26. The van der Waals surface area contributed by atoms with Crippen molar-refractivity contribution in [2.45, 2.75) is 25.2 Å². The van der Waals surface area contributed by atoms with E-state index in [9.17, 15) is 9.59 Å². The molecule has 0 aromatic heterocycles. The van der Waals surface area contributed by atoms with Gasteiger partial charge < -0.3 is 9.47 Å². The second-order valence-electron chi connectivity index (χ2n) is 4.99. The highest BCUT2D eigenvalue weighted by Crippen LogP contribution is 2.30. The minimum absolute atomic E-state index is 0.0981. The molecule has 1 aliphatic heterocycles. The lowest BCUT2D eigenvalue weighted by molar-refractivity contribution is -0.144. The van der Waals surface area contributed by atoms with Gasteiger partial charge in [0.05, 0.1) is 25.6 Å². The van der Waals surface area contributed by atoms with Crippen LogP contribution in [-0.4, -0.2) is 36.0 Å². The summed E-state index contributed by atoms with van der Waals surface area (Å²) < 4.78 is 10.8. The van der Waals surface area contributed by atoms with E-state index in [4.69, 9.17) is 9.47 Å². The third-order valence-corrected chi connectivity index (χ3v) is 4.73. The first kappa shape index (κ1) is 16.0. The Morgan fingerprint density at radius 3 is 2.81 bits per heavy atom. The van der Waals surface area contributed by atoms with Crippen LogP contribution in [0.2, 0.25) is 0 Å². The first-order valence-electron chi connectivity index (χ1n) is 7.12. The predicted molar refractivity (Wildman–Crippen MR) is 82.1 cm³/mol. The standard InChI is InChI=1S/C16H20O4S/c1-2-20-16(18)15-13(8-14(17)11-21-15)10-19-9-12-6-4-3-5-7-12/h3-7,13,15H,2,8-11H2,1H3/t13-,15+/m1/s1. The summed E-state index contributed by atoms with van der Waals surface area (Å²) >= 11 is 1.37. The molecule has 5 heteroatoms. The molecule has 2 atom stereocenters. The lowest BCUT2D eigenvalue weighted by Crippen LogP contribution is -2.37. The molecule has 114 valence electrons. The van der Waals surface area contributed by atoms with Crippen molar-refractivity contribution in [1.29, 1.82) is 0 Å². The fourth-order valence-corrected chi connectivity index (χ4v) is 3.45. The van der Waals surface area contributed by atoms with Crippen LogP contribution in [0.4, 0.5) is 0 Å². The van der Waals surface area contributed by atoms with Crippen molar-refractivity contribution in [3.05, 3.63) is 35.9 Å². The second-order valence-corrected chi connectivity index (χ2v) is 6.12. The van der Waals surface area contributed by atoms with E-state index in [-0.39, 0.29) is 22.9 Å². The second kappa shape index (κ2) is 8.20. The maximum absolute atomic E-state index is 11.9. The van der Waals surface area contributed by atoms with Crippen molar-refractivity contribution < 1.29 is 19.1 Å². The zero-order chi connectivity index (χ0) is 15.1. The molecule has 0 amide bonds. The first-order chi connectivity index (χ1) is 10.2. The van der Waals surface area contributed by atoms with Crippen molar-refractivity contribution in [2.75, 3.05) is 19.0 Å². The number of carbonyl (C=O) groups is 2. The van der Waals surface area contributed by atoms with E-state index in [0.717, 1.165) is 5.56 Å². The van der Waals surface area contributed by atoms with Gasteiger partial charge in [0.2, 0.25) is 0 Å². The van der Waals surface area contributed by atoms with Crippen LogP contribution >= 0.6 is 11.8 Å². The molecule has 0 aliphatic carbocycles. The van der Waals surface area contributed by atoms with Gasteiger partial charge >= 0.3 is 5.97 Å². The first-order valence-corrected chi connectivity index (χ1v) is 8.17. The molecule has 1 saturated heterocycles. The molecule has 0 bridgehead atoms. The van der Waals surface area contributed by atoms with E-state index in [1.54, 1.807) is 6.92 Å². The van der Waals surface area contributed by atoms with E-state index in [1.165, 1.54) is 11.8 Å². The summed E-state index contributed by atoms with van der Waals surface area (Å²) in [6.45, 7) is 3.04.